The van der Waals surface area contributed by atoms with Crippen molar-refractivity contribution < 1.29 is 4.74 Å². The van der Waals surface area contributed by atoms with E-state index in [9.17, 15) is 9.59 Å². The molecule has 0 spiro atoms. The molecular formula is C22H29BrN6O3. The summed E-state index contributed by atoms with van der Waals surface area (Å²) in [6.07, 6.45) is 8.37. The predicted octanol–water partition coefficient (Wildman–Crippen LogP) is 4.00. The Kier molecular flexibility index (Phi) is 8.26. The van der Waals surface area contributed by atoms with E-state index in [4.69, 9.17) is 4.74 Å². The van der Waals surface area contributed by atoms with Crippen LogP contribution in [0.3, 0.4) is 0 Å². The smallest absolute Gasteiger partial charge is 0.329 e. The Bertz CT molecular complexity index is 1210. The number of hydrazone groups is 1. The number of hydrogen-bond acceptors (Lipinski definition) is 6. The van der Waals surface area contributed by atoms with Crippen LogP contribution in [0, 0.1) is 0 Å². The third kappa shape index (κ3) is 5.48. The summed E-state index contributed by atoms with van der Waals surface area (Å²) in [6.45, 7) is 2.79. The van der Waals surface area contributed by atoms with Crippen molar-refractivity contribution in [1.82, 2.24) is 19.1 Å². The molecule has 0 fully saturated rings. The topological polar surface area (TPSA) is 106 Å². The minimum Gasteiger partial charge on any atom is -0.496 e. The van der Waals surface area contributed by atoms with Crippen molar-refractivity contribution in [2.24, 2.45) is 12.1 Å². The molecule has 0 unspecified atom stereocenters. The Morgan fingerprint density at radius 3 is 2.72 bits per heavy atom. The second-order valence-corrected chi connectivity index (χ2v) is 8.52. The summed E-state index contributed by atoms with van der Waals surface area (Å²) in [5.41, 5.74) is 3.45. The van der Waals surface area contributed by atoms with Gasteiger partial charge >= 0.3 is 5.69 Å². The van der Waals surface area contributed by atoms with Crippen molar-refractivity contribution >= 4 is 39.3 Å². The van der Waals surface area contributed by atoms with E-state index in [0.29, 0.717) is 29.4 Å². The van der Waals surface area contributed by atoms with Gasteiger partial charge in [-0.3, -0.25) is 14.3 Å². The molecule has 0 aliphatic heterocycles. The number of fused-ring (bicyclic) bond motifs is 1. The van der Waals surface area contributed by atoms with Crippen molar-refractivity contribution in [3.63, 3.8) is 0 Å². The highest BCUT2D eigenvalue weighted by Gasteiger charge is 2.17. The largest absolute Gasteiger partial charge is 0.496 e. The minimum absolute atomic E-state index is 0.322. The van der Waals surface area contributed by atoms with Crippen LogP contribution in [0.15, 0.2) is 37.4 Å². The molecule has 0 saturated heterocycles. The maximum Gasteiger partial charge on any atom is 0.329 e. The highest BCUT2D eigenvalue weighted by atomic mass is 79.9. The molecule has 0 aliphatic rings. The Labute approximate surface area is 194 Å². The fourth-order valence-electron chi connectivity index (χ4n) is 3.55. The van der Waals surface area contributed by atoms with Crippen LogP contribution >= 0.6 is 15.9 Å². The number of H-pyrrole nitrogens is 1. The van der Waals surface area contributed by atoms with Gasteiger partial charge < -0.3 is 9.30 Å². The van der Waals surface area contributed by atoms with Gasteiger partial charge in [0, 0.05) is 23.6 Å². The molecular weight excluding hydrogens is 476 g/mol. The number of anilines is 1. The number of nitrogens with zero attached hydrogens (tertiary/aromatic N) is 4. The van der Waals surface area contributed by atoms with E-state index in [1.54, 1.807) is 24.9 Å². The number of rotatable bonds is 11. The number of benzene rings is 1. The first-order chi connectivity index (χ1) is 15.5. The summed E-state index contributed by atoms with van der Waals surface area (Å²) in [4.78, 5) is 31.4. The number of halogens is 1. The number of aryl methyl sites for hydroxylation is 2. The number of unbranched alkanes of at least 4 members (excludes halogenated alkanes) is 5. The molecule has 2 aromatic heterocycles. The van der Waals surface area contributed by atoms with Crippen LogP contribution in [0.4, 0.5) is 5.95 Å². The van der Waals surface area contributed by atoms with Crippen LogP contribution in [0.1, 0.15) is 51.0 Å². The Hall–Kier alpha value is -2.88. The first kappa shape index (κ1) is 23.8. The third-order valence-corrected chi connectivity index (χ3v) is 5.80. The number of methoxy groups -OCH3 is 1. The van der Waals surface area contributed by atoms with Gasteiger partial charge in [0.1, 0.15) is 5.75 Å². The van der Waals surface area contributed by atoms with Gasteiger partial charge in [0.25, 0.3) is 5.56 Å². The fourth-order valence-corrected chi connectivity index (χ4v) is 3.93. The number of ether oxygens (including phenoxy) is 1. The van der Waals surface area contributed by atoms with Gasteiger partial charge in [0.05, 0.1) is 13.3 Å². The van der Waals surface area contributed by atoms with Crippen molar-refractivity contribution in [2.45, 2.75) is 52.0 Å². The second-order valence-electron chi connectivity index (χ2n) is 7.60. The summed E-state index contributed by atoms with van der Waals surface area (Å²) in [6, 6.07) is 5.61. The van der Waals surface area contributed by atoms with Gasteiger partial charge in [-0.2, -0.15) is 10.1 Å². The molecule has 2 heterocycles. The lowest BCUT2D eigenvalue weighted by Gasteiger charge is -2.08. The zero-order valence-electron chi connectivity index (χ0n) is 18.7. The third-order valence-electron chi connectivity index (χ3n) is 5.30. The summed E-state index contributed by atoms with van der Waals surface area (Å²) in [5.74, 6) is 1.09. The van der Waals surface area contributed by atoms with Crippen LogP contribution in [-0.2, 0) is 13.6 Å². The van der Waals surface area contributed by atoms with Crippen molar-refractivity contribution in [2.75, 3.05) is 12.5 Å². The second kappa shape index (κ2) is 11.1. The van der Waals surface area contributed by atoms with E-state index in [0.717, 1.165) is 29.3 Å². The quantitative estimate of drug-likeness (QED) is 0.233. The van der Waals surface area contributed by atoms with Crippen LogP contribution < -0.4 is 21.4 Å². The number of aromatic amines is 1. The summed E-state index contributed by atoms with van der Waals surface area (Å²) < 4.78 is 9.40. The SMILES string of the molecule is CCCCCCCCn1c(NN=Cc2cc(Br)ccc2OC)nc2c1c(=O)[nH]c(=O)n2C. The van der Waals surface area contributed by atoms with E-state index in [-0.39, 0.29) is 0 Å². The van der Waals surface area contributed by atoms with E-state index in [2.05, 4.69) is 43.3 Å². The number of nitrogens with one attached hydrogen (secondary N) is 2. The van der Waals surface area contributed by atoms with Gasteiger partial charge in [0.2, 0.25) is 5.95 Å². The van der Waals surface area contributed by atoms with Gasteiger partial charge in [-0.25, -0.2) is 10.2 Å². The molecule has 0 atom stereocenters. The normalized spacial score (nSPS) is 11.5. The monoisotopic (exact) mass is 504 g/mol. The summed E-state index contributed by atoms with van der Waals surface area (Å²) >= 11 is 3.45. The lowest BCUT2D eigenvalue weighted by atomic mass is 10.1. The average Bonchev–Trinajstić information content (AvgIpc) is 3.14. The highest BCUT2D eigenvalue weighted by Crippen LogP contribution is 2.22. The Morgan fingerprint density at radius 1 is 1.22 bits per heavy atom. The van der Waals surface area contributed by atoms with Crippen LogP contribution in [0.2, 0.25) is 0 Å². The van der Waals surface area contributed by atoms with Crippen LogP contribution in [0.5, 0.6) is 5.75 Å². The fraction of sp³-hybridized carbons (Fsp3) is 0.455. The van der Waals surface area contributed by atoms with Crippen molar-refractivity contribution in [3.05, 3.63) is 49.1 Å². The molecule has 32 heavy (non-hydrogen) atoms. The minimum atomic E-state index is -0.499. The molecule has 10 heteroatoms. The van der Waals surface area contributed by atoms with Crippen molar-refractivity contribution in [3.8, 4) is 5.75 Å². The Morgan fingerprint density at radius 2 is 1.97 bits per heavy atom. The maximum absolute atomic E-state index is 12.6. The van der Waals surface area contributed by atoms with E-state index in [1.807, 2.05) is 18.2 Å². The lowest BCUT2D eigenvalue weighted by molar-refractivity contribution is 0.414. The number of hydrogen-bond donors (Lipinski definition) is 2. The highest BCUT2D eigenvalue weighted by molar-refractivity contribution is 9.10. The molecule has 172 valence electrons. The molecule has 0 amide bonds. The van der Waals surface area contributed by atoms with E-state index < -0.39 is 11.2 Å². The standard InChI is InChI=1S/C22H29BrN6O3/c1-4-5-6-7-8-9-12-29-18-19(28(2)22(31)26-20(18)30)25-21(29)27-24-14-15-13-16(23)10-11-17(15)32-3/h10-11,13-14H,4-9,12H2,1-3H3,(H,25,27)(H,26,30,31). The molecule has 2 N–H and O–H groups in total. The first-order valence-electron chi connectivity index (χ1n) is 10.8. The van der Waals surface area contributed by atoms with Gasteiger partial charge in [-0.05, 0) is 24.6 Å². The van der Waals surface area contributed by atoms with Crippen LogP contribution in [0.25, 0.3) is 11.2 Å². The maximum atomic E-state index is 12.6. The molecule has 0 aliphatic carbocycles. The molecule has 1 aromatic carbocycles. The zero-order valence-corrected chi connectivity index (χ0v) is 20.2. The van der Waals surface area contributed by atoms with E-state index >= 15 is 0 Å². The predicted molar refractivity (Wildman–Crippen MR) is 131 cm³/mol. The van der Waals surface area contributed by atoms with Gasteiger partial charge in [-0.15, -0.1) is 0 Å². The molecule has 3 aromatic rings. The molecule has 0 radical (unpaired) electrons. The number of aromatic nitrogens is 4. The van der Waals surface area contributed by atoms with Crippen molar-refractivity contribution in [1.29, 1.82) is 0 Å². The molecule has 3 rings (SSSR count). The molecule has 0 bridgehead atoms. The van der Waals surface area contributed by atoms with Gasteiger partial charge in [0.15, 0.2) is 11.2 Å². The summed E-state index contributed by atoms with van der Waals surface area (Å²) in [5, 5.41) is 4.31. The lowest BCUT2D eigenvalue weighted by Crippen LogP contribution is -2.29. The zero-order chi connectivity index (χ0) is 23.1. The summed E-state index contributed by atoms with van der Waals surface area (Å²) in [7, 11) is 3.18. The van der Waals surface area contributed by atoms with E-state index in [1.165, 1.54) is 23.8 Å². The van der Waals surface area contributed by atoms with Gasteiger partial charge in [-0.1, -0.05) is 55.0 Å². The first-order valence-corrected chi connectivity index (χ1v) is 11.6. The number of imidazole rings is 1. The Balaban J connectivity index is 1.89. The van der Waals surface area contributed by atoms with Crippen LogP contribution in [-0.4, -0.2) is 32.4 Å². The average molecular weight is 505 g/mol. The molecule has 9 nitrogen and oxygen atoms in total. The molecule has 0 saturated carbocycles.